The predicted molar refractivity (Wildman–Crippen MR) is 144 cm³/mol. The molecule has 0 atom stereocenters. The van der Waals surface area contributed by atoms with Gasteiger partial charge in [0.25, 0.3) is 10.0 Å². The van der Waals surface area contributed by atoms with E-state index in [-0.39, 0.29) is 68.2 Å². The summed E-state index contributed by atoms with van der Waals surface area (Å²) in [6.45, 7) is 6.14. The molecular weight excluding hydrogens is 525 g/mol. The molecule has 0 amide bonds. The number of aromatic nitrogens is 4. The zero-order valence-electron chi connectivity index (χ0n) is 20.1. The number of ether oxygens (including phenoxy) is 2. The van der Waals surface area contributed by atoms with E-state index in [0.29, 0.717) is 11.5 Å². The number of nitrogens with zero attached hydrogens (tertiary/aromatic N) is 4. The third kappa shape index (κ3) is 6.77. The Hall–Kier alpha value is -2.76. The molecule has 0 aliphatic heterocycles. The van der Waals surface area contributed by atoms with Crippen LogP contribution in [-0.2, 0) is 15.4 Å². The fraction of sp³-hybridized carbons (Fsp3) is 0.200. The van der Waals surface area contributed by atoms with Crippen molar-refractivity contribution in [2.45, 2.75) is 31.1 Å². The molecule has 9 nitrogen and oxygen atoms in total. The van der Waals surface area contributed by atoms with Crippen LogP contribution in [0.4, 0.5) is 5.82 Å². The van der Waals surface area contributed by atoms with Crippen LogP contribution < -0.4 is 14.2 Å². The number of halogens is 1. The summed E-state index contributed by atoms with van der Waals surface area (Å²) < 4.78 is 40.4. The van der Waals surface area contributed by atoms with Crippen LogP contribution in [0, 0.1) is 0 Å². The first-order chi connectivity index (χ1) is 17.1. The summed E-state index contributed by atoms with van der Waals surface area (Å²) in [5.74, 6) is 0.616. The predicted octanol–water partition coefficient (Wildman–Crippen LogP) is 4.84. The molecular formula is C25H25ClN5NaO4S. The third-order valence-corrected chi connectivity index (χ3v) is 6.74. The van der Waals surface area contributed by atoms with E-state index in [9.17, 15) is 8.42 Å². The van der Waals surface area contributed by atoms with E-state index in [1.54, 1.807) is 42.5 Å². The first kappa shape index (κ1) is 28.8. The van der Waals surface area contributed by atoms with Crippen molar-refractivity contribution >= 4 is 57.0 Å². The standard InChI is InChI=1S/C25H24ClN5O4S.Na.H/c1-25(2,3)16-10-12-17(13-11-16)36(32,33)31-22-20(35-19-9-6-5-8-18(19)34-4)21(26)29-24(30-22)23-27-14-7-15-28-23;;/h5-15H,1-4H3,(H,29,30,31);;. The van der Waals surface area contributed by atoms with Gasteiger partial charge in [0.05, 0.1) is 12.0 Å². The maximum absolute atomic E-state index is 13.3. The Morgan fingerprint density at radius 3 is 2.08 bits per heavy atom. The number of nitrogens with one attached hydrogen (secondary N) is 1. The molecule has 37 heavy (non-hydrogen) atoms. The molecule has 0 radical (unpaired) electrons. The van der Waals surface area contributed by atoms with Crippen LogP contribution in [0.1, 0.15) is 26.3 Å². The molecule has 0 fully saturated rings. The van der Waals surface area contributed by atoms with Gasteiger partial charge in [-0.2, -0.15) is 0 Å². The van der Waals surface area contributed by atoms with Gasteiger partial charge >= 0.3 is 29.6 Å². The quantitative estimate of drug-likeness (QED) is 0.257. The van der Waals surface area contributed by atoms with Gasteiger partial charge in [-0.25, -0.2) is 28.4 Å². The molecule has 2 aromatic carbocycles. The van der Waals surface area contributed by atoms with Crippen LogP contribution in [0.5, 0.6) is 17.2 Å². The SMILES string of the molecule is COc1ccccc1Oc1c(Cl)nc(-c2ncccn2)nc1NS(=O)(=O)c1ccc(C(C)(C)C)cc1.[NaH]. The summed E-state index contributed by atoms with van der Waals surface area (Å²) in [5.41, 5.74) is 0.867. The van der Waals surface area contributed by atoms with E-state index in [2.05, 4.69) is 24.7 Å². The van der Waals surface area contributed by atoms with Gasteiger partial charge in [-0.05, 0) is 41.3 Å². The van der Waals surface area contributed by atoms with Gasteiger partial charge in [0.1, 0.15) is 0 Å². The van der Waals surface area contributed by atoms with Crippen LogP contribution in [0.15, 0.2) is 71.9 Å². The Morgan fingerprint density at radius 2 is 1.49 bits per heavy atom. The molecule has 1 N–H and O–H groups in total. The second-order valence-electron chi connectivity index (χ2n) is 8.72. The molecule has 0 aliphatic carbocycles. The van der Waals surface area contributed by atoms with Crippen molar-refractivity contribution in [1.82, 2.24) is 19.9 Å². The van der Waals surface area contributed by atoms with Crippen LogP contribution in [-0.4, -0.2) is 65.0 Å². The zero-order chi connectivity index (χ0) is 25.9. The molecule has 188 valence electrons. The first-order valence-corrected chi connectivity index (χ1v) is 12.7. The van der Waals surface area contributed by atoms with Crippen molar-refractivity contribution in [3.05, 3.63) is 77.7 Å². The number of hydrogen-bond acceptors (Lipinski definition) is 8. The monoisotopic (exact) mass is 549 g/mol. The Bertz CT molecular complexity index is 1480. The van der Waals surface area contributed by atoms with E-state index >= 15 is 0 Å². The van der Waals surface area contributed by atoms with Crippen molar-refractivity contribution < 1.29 is 17.9 Å². The molecule has 0 saturated carbocycles. The van der Waals surface area contributed by atoms with Crippen LogP contribution in [0.3, 0.4) is 0 Å². The molecule has 4 rings (SSSR count). The van der Waals surface area contributed by atoms with Gasteiger partial charge in [-0.15, -0.1) is 0 Å². The van der Waals surface area contributed by atoms with E-state index in [0.717, 1.165) is 5.56 Å². The molecule has 2 heterocycles. The summed E-state index contributed by atoms with van der Waals surface area (Å²) in [6, 6.07) is 15.1. The normalized spacial score (nSPS) is 11.4. The number of hydrogen-bond donors (Lipinski definition) is 1. The Morgan fingerprint density at radius 1 is 0.865 bits per heavy atom. The molecule has 0 bridgehead atoms. The average molecular weight is 550 g/mol. The molecule has 0 spiro atoms. The fourth-order valence-electron chi connectivity index (χ4n) is 3.23. The van der Waals surface area contributed by atoms with Crippen molar-refractivity contribution in [3.63, 3.8) is 0 Å². The van der Waals surface area contributed by atoms with Crippen molar-refractivity contribution in [2.75, 3.05) is 11.8 Å². The molecule has 4 aromatic rings. The van der Waals surface area contributed by atoms with E-state index in [4.69, 9.17) is 21.1 Å². The second kappa shape index (κ2) is 11.7. The number of benzene rings is 2. The minimum atomic E-state index is -4.07. The van der Waals surface area contributed by atoms with Gasteiger partial charge in [0.2, 0.25) is 11.6 Å². The first-order valence-electron chi connectivity index (χ1n) is 10.9. The van der Waals surface area contributed by atoms with Crippen molar-refractivity contribution in [2.24, 2.45) is 0 Å². The van der Waals surface area contributed by atoms with E-state index in [1.165, 1.54) is 31.6 Å². The summed E-state index contributed by atoms with van der Waals surface area (Å²) in [5, 5.41) is -0.140. The topological polar surface area (TPSA) is 116 Å². The average Bonchev–Trinajstić information content (AvgIpc) is 2.86. The third-order valence-electron chi connectivity index (χ3n) is 5.13. The van der Waals surface area contributed by atoms with Crippen LogP contribution >= 0.6 is 11.6 Å². The summed E-state index contributed by atoms with van der Waals surface area (Å²) >= 11 is 6.47. The maximum atomic E-state index is 13.3. The van der Waals surface area contributed by atoms with Crippen LogP contribution in [0.2, 0.25) is 5.15 Å². The van der Waals surface area contributed by atoms with Crippen LogP contribution in [0.25, 0.3) is 11.6 Å². The molecule has 0 aliphatic rings. The van der Waals surface area contributed by atoms with Crippen molar-refractivity contribution in [1.29, 1.82) is 0 Å². The number of rotatable bonds is 7. The number of para-hydroxylation sites is 2. The summed E-state index contributed by atoms with van der Waals surface area (Å²) in [6.07, 6.45) is 3.03. The number of methoxy groups -OCH3 is 1. The summed E-state index contributed by atoms with van der Waals surface area (Å²) in [4.78, 5) is 16.9. The molecule has 0 unspecified atom stereocenters. The minimum absolute atomic E-state index is 0. The van der Waals surface area contributed by atoms with E-state index in [1.807, 2.05) is 20.8 Å². The molecule has 2 aromatic heterocycles. The Kier molecular flexibility index (Phi) is 9.14. The van der Waals surface area contributed by atoms with Gasteiger partial charge in [-0.3, -0.25) is 4.72 Å². The van der Waals surface area contributed by atoms with Gasteiger partial charge in [-0.1, -0.05) is 56.6 Å². The zero-order valence-corrected chi connectivity index (χ0v) is 21.6. The van der Waals surface area contributed by atoms with Gasteiger partial charge < -0.3 is 9.47 Å². The van der Waals surface area contributed by atoms with E-state index < -0.39 is 10.0 Å². The molecule has 0 saturated heterocycles. The number of anilines is 1. The second-order valence-corrected chi connectivity index (χ2v) is 10.8. The Labute approximate surface area is 243 Å². The van der Waals surface area contributed by atoms with Crippen molar-refractivity contribution in [3.8, 4) is 28.9 Å². The van der Waals surface area contributed by atoms with Gasteiger partial charge in [0.15, 0.2) is 28.3 Å². The number of sulfonamides is 1. The molecule has 12 heteroatoms. The summed E-state index contributed by atoms with van der Waals surface area (Å²) in [7, 11) is -2.59. The fourth-order valence-corrected chi connectivity index (χ4v) is 4.44. The van der Waals surface area contributed by atoms with Gasteiger partial charge in [0, 0.05) is 12.4 Å². The Balaban J connectivity index is 0.00000380.